The summed E-state index contributed by atoms with van der Waals surface area (Å²) in [6, 6.07) is 10.3. The summed E-state index contributed by atoms with van der Waals surface area (Å²) in [5.74, 6) is -1.30. The van der Waals surface area contributed by atoms with Gasteiger partial charge in [0.2, 0.25) is 6.08 Å². The van der Waals surface area contributed by atoms with Gasteiger partial charge in [-0.2, -0.15) is 4.99 Å². The second kappa shape index (κ2) is 12.2. The molecule has 0 unspecified atom stereocenters. The molecule has 0 saturated heterocycles. The van der Waals surface area contributed by atoms with Crippen LogP contribution >= 0.6 is 0 Å². The Labute approximate surface area is 214 Å². The molecule has 0 bridgehead atoms. The molecular weight excluding hydrogens is 476 g/mol. The van der Waals surface area contributed by atoms with Gasteiger partial charge in [0, 0.05) is 17.8 Å². The van der Waals surface area contributed by atoms with Gasteiger partial charge in [-0.15, -0.1) is 0 Å². The lowest BCUT2D eigenvalue weighted by atomic mass is 10.1. The number of carbonyl (C=O) groups excluding carboxylic acids is 2. The van der Waals surface area contributed by atoms with Crippen LogP contribution in [0.4, 0.5) is 27.5 Å². The second-order valence-electron chi connectivity index (χ2n) is 8.60. The number of nitro benzene ring substituents is 1. The van der Waals surface area contributed by atoms with Crippen LogP contribution in [0.25, 0.3) is 0 Å². The van der Waals surface area contributed by atoms with E-state index < -0.39 is 16.9 Å². The van der Waals surface area contributed by atoms with Crippen molar-refractivity contribution >= 4 is 40.8 Å². The van der Waals surface area contributed by atoms with E-state index in [1.54, 1.807) is 6.08 Å². The molecule has 37 heavy (non-hydrogen) atoms. The Morgan fingerprint density at radius 1 is 0.865 bits per heavy atom. The fourth-order valence-corrected chi connectivity index (χ4v) is 3.97. The second-order valence-corrected chi connectivity index (χ2v) is 8.60. The maximum Gasteiger partial charge on any atom is 0.337 e. The summed E-state index contributed by atoms with van der Waals surface area (Å²) >= 11 is 0. The number of benzene rings is 3. The van der Waals surface area contributed by atoms with Crippen molar-refractivity contribution in [1.82, 2.24) is 0 Å². The number of anilines is 2. The van der Waals surface area contributed by atoms with E-state index in [9.17, 15) is 29.6 Å². The molecule has 3 aromatic carbocycles. The van der Waals surface area contributed by atoms with Gasteiger partial charge >= 0.3 is 12.0 Å². The minimum absolute atomic E-state index is 0.151. The summed E-state index contributed by atoms with van der Waals surface area (Å²) in [6.45, 7) is 11.5. The van der Waals surface area contributed by atoms with Gasteiger partial charge < -0.3 is 15.7 Å². The van der Waals surface area contributed by atoms with Gasteiger partial charge in [-0.1, -0.05) is 35.4 Å². The van der Waals surface area contributed by atoms with E-state index in [2.05, 4.69) is 15.6 Å². The van der Waals surface area contributed by atoms with Crippen molar-refractivity contribution in [2.24, 2.45) is 4.99 Å². The van der Waals surface area contributed by atoms with Crippen LogP contribution in [0, 0.1) is 51.7 Å². The number of carbonyl (C=O) groups is 2. The number of aryl methyl sites for hydroxylation is 6. The maximum absolute atomic E-state index is 12.2. The molecule has 0 aliphatic rings. The van der Waals surface area contributed by atoms with Crippen LogP contribution in [0.2, 0.25) is 0 Å². The average molecular weight is 505 g/mol. The number of nitro groups is 1. The van der Waals surface area contributed by atoms with E-state index in [1.807, 2.05) is 65.8 Å². The Morgan fingerprint density at radius 2 is 1.38 bits per heavy atom. The number of urea groups is 1. The van der Waals surface area contributed by atoms with Crippen molar-refractivity contribution in [2.45, 2.75) is 41.5 Å². The van der Waals surface area contributed by atoms with Gasteiger partial charge in [0.15, 0.2) is 0 Å². The van der Waals surface area contributed by atoms with Crippen molar-refractivity contribution in [3.63, 3.8) is 0 Å². The summed E-state index contributed by atoms with van der Waals surface area (Å²) < 4.78 is 0. The lowest BCUT2D eigenvalue weighted by Gasteiger charge is -2.14. The van der Waals surface area contributed by atoms with E-state index in [-0.39, 0.29) is 16.9 Å². The number of nitrogens with one attached hydrogen (secondary N) is 2. The quantitative estimate of drug-likeness (QED) is 0.157. The smallest absolute Gasteiger partial charge is 0.337 e. The molecule has 0 spiro atoms. The minimum atomic E-state index is -1.30. The molecule has 0 aliphatic carbocycles. The van der Waals surface area contributed by atoms with Crippen LogP contribution in [0.15, 0.2) is 47.5 Å². The highest BCUT2D eigenvalue weighted by atomic mass is 16.6. The average Bonchev–Trinajstić information content (AvgIpc) is 2.78. The predicted molar refractivity (Wildman–Crippen MR) is 142 cm³/mol. The molecule has 0 aliphatic heterocycles. The van der Waals surface area contributed by atoms with Gasteiger partial charge in [0.25, 0.3) is 5.69 Å². The molecule has 192 valence electrons. The summed E-state index contributed by atoms with van der Waals surface area (Å²) in [5, 5.41) is 25.1. The molecule has 10 heteroatoms. The minimum Gasteiger partial charge on any atom is -0.478 e. The third-order valence-corrected chi connectivity index (χ3v) is 5.40. The Balaban J connectivity index is 0.000000335. The third kappa shape index (κ3) is 7.58. The summed E-state index contributed by atoms with van der Waals surface area (Å²) in [5.41, 5.74) is 6.63. The van der Waals surface area contributed by atoms with Gasteiger partial charge in [-0.05, 0) is 69.9 Å². The van der Waals surface area contributed by atoms with Gasteiger partial charge in [0.05, 0.1) is 21.9 Å². The highest BCUT2D eigenvalue weighted by Crippen LogP contribution is 2.26. The van der Waals surface area contributed by atoms with Crippen molar-refractivity contribution in [2.75, 3.05) is 10.6 Å². The van der Waals surface area contributed by atoms with Crippen LogP contribution in [0.3, 0.4) is 0 Å². The van der Waals surface area contributed by atoms with Crippen LogP contribution in [-0.4, -0.2) is 28.1 Å². The van der Waals surface area contributed by atoms with Crippen molar-refractivity contribution in [3.05, 3.63) is 91.5 Å². The molecular formula is C27H28N4O6. The predicted octanol–water partition coefficient (Wildman–Crippen LogP) is 6.44. The number of carboxylic acids is 1. The molecule has 3 aromatic rings. The van der Waals surface area contributed by atoms with E-state index in [4.69, 9.17) is 0 Å². The number of aliphatic imine (C=N–C) groups is 1. The fourth-order valence-electron chi connectivity index (χ4n) is 3.97. The van der Waals surface area contributed by atoms with Gasteiger partial charge in [-0.3, -0.25) is 10.1 Å². The van der Waals surface area contributed by atoms with Crippen LogP contribution in [-0.2, 0) is 4.79 Å². The number of rotatable bonds is 5. The van der Waals surface area contributed by atoms with Crippen LogP contribution in [0.1, 0.15) is 43.7 Å². The fraction of sp³-hybridized carbons (Fsp3) is 0.222. The van der Waals surface area contributed by atoms with Crippen molar-refractivity contribution in [3.8, 4) is 0 Å². The Kier molecular flexibility index (Phi) is 9.40. The first kappa shape index (κ1) is 28.4. The third-order valence-electron chi connectivity index (χ3n) is 5.40. The lowest BCUT2D eigenvalue weighted by Crippen LogP contribution is -2.22. The molecule has 3 N–H and O–H groups in total. The van der Waals surface area contributed by atoms with Crippen molar-refractivity contribution < 1.29 is 24.4 Å². The number of nitrogens with zero attached hydrogens (tertiary/aromatic N) is 2. The first-order valence-electron chi connectivity index (χ1n) is 11.2. The number of aromatic carboxylic acids is 1. The SMILES string of the molecule is Cc1cc(C)c(N=C=O)c(C)c1.Cc1cc(C)c(NC(=O)Nc2cc([N+](=O)[O-])ccc2C(=O)O)c(C)c1. The number of hydrogen-bond acceptors (Lipinski definition) is 6. The summed E-state index contributed by atoms with van der Waals surface area (Å²) in [6.07, 6.45) is 1.56. The van der Waals surface area contributed by atoms with E-state index in [0.29, 0.717) is 5.69 Å². The Morgan fingerprint density at radius 3 is 1.84 bits per heavy atom. The standard InChI is InChI=1S/C17H17N3O5.C10H11NO/c1-9-6-10(2)15(11(3)7-9)19-17(23)18-14-8-12(20(24)25)4-5-13(14)16(21)22;1-7-4-8(2)10(11-6-12)9(3)5-7/h4-8H,1-3H3,(H,21,22)(H2,18,19,23);4-5H,1-3H3. The number of non-ortho nitro benzene ring substituents is 1. The molecule has 3 rings (SSSR count). The normalized spacial score (nSPS) is 9.89. The number of isocyanates is 1. The van der Waals surface area contributed by atoms with Crippen molar-refractivity contribution in [1.29, 1.82) is 0 Å². The molecule has 0 radical (unpaired) electrons. The largest absolute Gasteiger partial charge is 0.478 e. The number of amides is 2. The van der Waals surface area contributed by atoms with E-state index >= 15 is 0 Å². The molecule has 0 atom stereocenters. The summed E-state index contributed by atoms with van der Waals surface area (Å²) in [4.78, 5) is 47.4. The maximum atomic E-state index is 12.2. The molecule has 0 saturated carbocycles. The number of carboxylic acid groups (broad SMARTS) is 1. The zero-order valence-electron chi connectivity index (χ0n) is 21.4. The Hall–Kier alpha value is -4.82. The van der Waals surface area contributed by atoms with Crippen LogP contribution in [0.5, 0.6) is 0 Å². The van der Waals surface area contributed by atoms with E-state index in [0.717, 1.165) is 51.7 Å². The number of hydrogen-bond donors (Lipinski definition) is 3. The molecule has 0 aromatic heterocycles. The molecule has 0 heterocycles. The Bertz CT molecular complexity index is 1380. The highest BCUT2D eigenvalue weighted by Gasteiger charge is 2.18. The first-order chi connectivity index (χ1) is 17.3. The summed E-state index contributed by atoms with van der Waals surface area (Å²) in [7, 11) is 0. The topological polar surface area (TPSA) is 151 Å². The monoisotopic (exact) mass is 504 g/mol. The lowest BCUT2D eigenvalue weighted by molar-refractivity contribution is -0.384. The van der Waals surface area contributed by atoms with Gasteiger partial charge in [0.1, 0.15) is 0 Å². The molecule has 10 nitrogen and oxygen atoms in total. The molecule has 0 fully saturated rings. The first-order valence-corrected chi connectivity index (χ1v) is 11.2. The zero-order valence-corrected chi connectivity index (χ0v) is 21.4. The van der Waals surface area contributed by atoms with E-state index in [1.165, 1.54) is 5.56 Å². The zero-order chi connectivity index (χ0) is 27.9. The van der Waals surface area contributed by atoms with Crippen LogP contribution < -0.4 is 10.6 Å². The highest BCUT2D eigenvalue weighted by molar-refractivity contribution is 6.05. The van der Waals surface area contributed by atoms with Gasteiger partial charge in [-0.25, -0.2) is 14.4 Å². The molecule has 2 amide bonds.